The molecule has 1 aromatic rings. The highest BCUT2D eigenvalue weighted by Gasteiger charge is 2.17. The fourth-order valence-electron chi connectivity index (χ4n) is 1.99. The number of carbonyl (C=O) groups excluding carboxylic acids is 1. The van der Waals surface area contributed by atoms with Crippen molar-refractivity contribution in [3.8, 4) is 5.75 Å². The van der Waals surface area contributed by atoms with Gasteiger partial charge in [0.15, 0.2) is 0 Å². The Labute approximate surface area is 156 Å². The summed E-state index contributed by atoms with van der Waals surface area (Å²) in [5.74, 6) is 0.407. The minimum atomic E-state index is -1.54. The number of alkyl carbamates (subject to hydrolysis) is 1. The van der Waals surface area contributed by atoms with Crippen LogP contribution in [0.1, 0.15) is 45.7 Å². The number of alkyl halides is 1. The molecule has 0 fully saturated rings. The molecule has 1 amide bonds. The van der Waals surface area contributed by atoms with Crippen molar-refractivity contribution in [2.45, 2.75) is 53.3 Å². The van der Waals surface area contributed by atoms with Gasteiger partial charge in [-0.05, 0) is 58.7 Å². The van der Waals surface area contributed by atoms with Gasteiger partial charge in [-0.1, -0.05) is 6.07 Å². The summed E-state index contributed by atoms with van der Waals surface area (Å²) in [6.45, 7) is 9.73. The lowest BCUT2D eigenvalue weighted by Crippen LogP contribution is -2.33. The summed E-state index contributed by atoms with van der Waals surface area (Å²) in [5.41, 5.74) is 0.772. The van der Waals surface area contributed by atoms with Gasteiger partial charge in [-0.2, -0.15) is 0 Å². The van der Waals surface area contributed by atoms with Crippen LogP contribution in [0.25, 0.3) is 0 Å². The van der Waals surface area contributed by atoms with E-state index >= 15 is 0 Å². The number of hydrogen-bond donors (Lipinski definition) is 1. The second-order valence-electron chi connectivity index (χ2n) is 6.40. The van der Waals surface area contributed by atoms with Crippen LogP contribution in [0, 0.1) is 0 Å². The molecule has 0 radical (unpaired) electrons. The third-order valence-corrected chi connectivity index (χ3v) is 4.28. The van der Waals surface area contributed by atoms with Crippen molar-refractivity contribution in [3.63, 3.8) is 0 Å². The van der Waals surface area contributed by atoms with Crippen LogP contribution in [0.4, 0.5) is 9.18 Å². The maximum Gasteiger partial charge on any atom is 0.407 e. The standard InChI is InChI=1S/C18H29FNO5P/c1-6-22-26(23-7-2)25-16-9-8-14(12-15(16)13-19)10-11-20-17(21)24-18(3,4)5/h8-9,12H,6-7,10-11,13H2,1-5H3,(H,20,21). The molecule has 0 bridgehead atoms. The van der Waals surface area contributed by atoms with E-state index in [-0.39, 0.29) is 0 Å². The Morgan fingerprint density at radius 3 is 2.38 bits per heavy atom. The first kappa shape index (κ1) is 22.6. The first-order chi connectivity index (χ1) is 12.3. The minimum absolute atomic E-state index is 0.394. The third kappa shape index (κ3) is 8.79. The third-order valence-electron chi connectivity index (χ3n) is 2.99. The highest BCUT2D eigenvalue weighted by atomic mass is 31.2. The van der Waals surface area contributed by atoms with E-state index < -0.39 is 27.0 Å². The molecule has 0 spiro atoms. The molecule has 0 unspecified atom stereocenters. The van der Waals surface area contributed by atoms with Crippen molar-refractivity contribution < 1.29 is 27.5 Å². The highest BCUT2D eigenvalue weighted by Crippen LogP contribution is 2.41. The molecule has 1 aromatic carbocycles. The molecule has 0 saturated carbocycles. The summed E-state index contributed by atoms with van der Waals surface area (Å²) in [5, 5.41) is 2.68. The van der Waals surface area contributed by atoms with Gasteiger partial charge in [0.2, 0.25) is 0 Å². The zero-order valence-corrected chi connectivity index (χ0v) is 17.0. The first-order valence-electron chi connectivity index (χ1n) is 8.67. The Morgan fingerprint density at radius 1 is 1.19 bits per heavy atom. The molecule has 0 aliphatic heterocycles. The Kier molecular flexibility index (Phi) is 9.84. The SMILES string of the molecule is CCOP(OCC)Oc1ccc(CCNC(=O)OC(C)(C)C)cc1CF. The fourth-order valence-corrected chi connectivity index (χ4v) is 2.93. The lowest BCUT2D eigenvalue weighted by molar-refractivity contribution is 0.0528. The predicted molar refractivity (Wildman–Crippen MR) is 100.0 cm³/mol. The van der Waals surface area contributed by atoms with Crippen LogP contribution in [0.15, 0.2) is 18.2 Å². The zero-order chi connectivity index (χ0) is 19.6. The van der Waals surface area contributed by atoms with Crippen LogP contribution in [0.2, 0.25) is 0 Å². The second-order valence-corrected chi connectivity index (χ2v) is 7.55. The van der Waals surface area contributed by atoms with Crippen molar-refractivity contribution >= 4 is 14.7 Å². The fraction of sp³-hybridized carbons (Fsp3) is 0.611. The smallest absolute Gasteiger partial charge is 0.407 e. The van der Waals surface area contributed by atoms with Gasteiger partial charge in [0.05, 0.1) is 13.2 Å². The van der Waals surface area contributed by atoms with E-state index in [2.05, 4.69) is 5.32 Å². The van der Waals surface area contributed by atoms with Gasteiger partial charge in [-0.3, -0.25) is 0 Å². The molecule has 0 aliphatic carbocycles. The number of benzene rings is 1. The van der Waals surface area contributed by atoms with E-state index in [1.165, 1.54) is 0 Å². The summed E-state index contributed by atoms with van der Waals surface area (Å²) in [6, 6.07) is 5.25. The maximum absolute atomic E-state index is 13.4. The monoisotopic (exact) mass is 389 g/mol. The van der Waals surface area contributed by atoms with Crippen LogP contribution >= 0.6 is 8.60 Å². The second kappa shape index (κ2) is 11.3. The quantitative estimate of drug-likeness (QED) is 0.577. The molecule has 0 saturated heterocycles. The Hall–Kier alpha value is -1.43. The van der Waals surface area contributed by atoms with Crippen molar-refractivity contribution in [1.29, 1.82) is 0 Å². The summed E-state index contributed by atoms with van der Waals surface area (Å²) in [4.78, 5) is 11.6. The number of ether oxygens (including phenoxy) is 1. The molecule has 6 nitrogen and oxygen atoms in total. The summed E-state index contributed by atoms with van der Waals surface area (Å²) in [7, 11) is -1.54. The topological polar surface area (TPSA) is 66.0 Å². The first-order valence-corrected chi connectivity index (χ1v) is 9.77. The average Bonchev–Trinajstić information content (AvgIpc) is 2.54. The molecule has 0 aliphatic rings. The summed E-state index contributed by atoms with van der Waals surface area (Å²) in [6.07, 6.45) is 0.0836. The van der Waals surface area contributed by atoms with Crippen LogP contribution in [0.5, 0.6) is 5.75 Å². The average molecular weight is 389 g/mol. The van der Waals surface area contributed by atoms with Crippen molar-refractivity contribution in [1.82, 2.24) is 5.32 Å². The van der Waals surface area contributed by atoms with Crippen LogP contribution < -0.4 is 9.84 Å². The Balaban J connectivity index is 2.63. The number of amides is 1. The Bertz CT molecular complexity index is 559. The summed E-state index contributed by atoms with van der Waals surface area (Å²) < 4.78 is 35.0. The van der Waals surface area contributed by atoms with E-state index in [1.807, 2.05) is 19.9 Å². The molecular formula is C18H29FNO5P. The molecule has 26 heavy (non-hydrogen) atoms. The number of nitrogens with one attached hydrogen (secondary N) is 1. The largest absolute Gasteiger partial charge is 0.444 e. The molecule has 0 heterocycles. The van der Waals surface area contributed by atoms with E-state index in [4.69, 9.17) is 18.3 Å². The van der Waals surface area contributed by atoms with Crippen LogP contribution in [0.3, 0.4) is 0 Å². The van der Waals surface area contributed by atoms with Crippen molar-refractivity contribution in [2.24, 2.45) is 0 Å². The van der Waals surface area contributed by atoms with E-state index in [1.54, 1.807) is 32.9 Å². The van der Waals surface area contributed by atoms with Gasteiger partial charge < -0.3 is 23.6 Å². The molecule has 1 N–H and O–H groups in total. The number of rotatable bonds is 10. The van der Waals surface area contributed by atoms with Gasteiger partial charge >= 0.3 is 14.7 Å². The van der Waals surface area contributed by atoms with Crippen LogP contribution in [-0.2, 0) is 26.9 Å². The molecule has 0 atom stereocenters. The Morgan fingerprint density at radius 2 is 1.85 bits per heavy atom. The lowest BCUT2D eigenvalue weighted by atomic mass is 10.1. The summed E-state index contributed by atoms with van der Waals surface area (Å²) >= 11 is 0. The van der Waals surface area contributed by atoms with Crippen molar-refractivity contribution in [2.75, 3.05) is 19.8 Å². The number of carbonyl (C=O) groups is 1. The van der Waals surface area contributed by atoms with Crippen LogP contribution in [-0.4, -0.2) is 31.5 Å². The minimum Gasteiger partial charge on any atom is -0.444 e. The molecule has 148 valence electrons. The van der Waals surface area contributed by atoms with Gasteiger partial charge in [0.1, 0.15) is 18.0 Å². The van der Waals surface area contributed by atoms with E-state index in [0.29, 0.717) is 37.5 Å². The van der Waals surface area contributed by atoms with Gasteiger partial charge in [-0.15, -0.1) is 0 Å². The lowest BCUT2D eigenvalue weighted by Gasteiger charge is -2.20. The van der Waals surface area contributed by atoms with Gasteiger partial charge in [-0.25, -0.2) is 9.18 Å². The zero-order valence-electron chi connectivity index (χ0n) is 16.1. The van der Waals surface area contributed by atoms with E-state index in [9.17, 15) is 9.18 Å². The number of hydrogen-bond acceptors (Lipinski definition) is 5. The highest BCUT2D eigenvalue weighted by molar-refractivity contribution is 7.42. The molecule has 0 aromatic heterocycles. The van der Waals surface area contributed by atoms with Gasteiger partial charge in [0, 0.05) is 12.1 Å². The molecular weight excluding hydrogens is 360 g/mol. The normalized spacial score (nSPS) is 11.5. The molecule has 8 heteroatoms. The van der Waals surface area contributed by atoms with Gasteiger partial charge in [0.25, 0.3) is 0 Å². The van der Waals surface area contributed by atoms with E-state index in [0.717, 1.165) is 5.56 Å². The number of halogens is 1. The molecule has 1 rings (SSSR count). The maximum atomic E-state index is 13.4. The van der Waals surface area contributed by atoms with Crippen molar-refractivity contribution in [3.05, 3.63) is 29.3 Å². The predicted octanol–water partition coefficient (Wildman–Crippen LogP) is 4.90.